The number of benzene rings is 2. The van der Waals surface area contributed by atoms with Crippen LogP contribution in [-0.4, -0.2) is 10.9 Å². The van der Waals surface area contributed by atoms with Gasteiger partial charge in [0.1, 0.15) is 22.2 Å². The number of ether oxygens (including phenoxy) is 1. The number of rotatable bonds is 7. The maximum absolute atomic E-state index is 12.6. The molecule has 0 fully saturated rings. The fourth-order valence-electron chi connectivity index (χ4n) is 2.78. The van der Waals surface area contributed by atoms with Crippen LogP contribution < -0.4 is 10.1 Å². The summed E-state index contributed by atoms with van der Waals surface area (Å²) in [5.74, 6) is 0.712. The first-order valence-electron chi connectivity index (χ1n) is 9.10. The Hall–Kier alpha value is -2.66. The summed E-state index contributed by atoms with van der Waals surface area (Å²) < 4.78 is 5.81. The minimum atomic E-state index is -0.0973. The standard InChI is InChI=1S/C22H24N2O2S/c1-4-17-10-12-19(13-11-17)26-14-20-23-16(3)21(27-20)22(25)24-15(2)18-8-6-5-7-9-18/h5-13,15H,4,14H2,1-3H3,(H,24,25)/t15-/m0/s1. The van der Waals surface area contributed by atoms with Gasteiger partial charge in [0, 0.05) is 0 Å². The quantitative estimate of drug-likeness (QED) is 0.621. The number of carbonyl (C=O) groups excluding carboxylic acids is 1. The van der Waals surface area contributed by atoms with Crippen molar-refractivity contribution >= 4 is 17.2 Å². The van der Waals surface area contributed by atoms with Gasteiger partial charge >= 0.3 is 0 Å². The van der Waals surface area contributed by atoms with Crippen LogP contribution in [0.2, 0.25) is 0 Å². The van der Waals surface area contributed by atoms with Crippen LogP contribution >= 0.6 is 11.3 Å². The number of aromatic nitrogens is 1. The number of carbonyl (C=O) groups is 1. The van der Waals surface area contributed by atoms with Gasteiger partial charge in [0.25, 0.3) is 5.91 Å². The zero-order valence-electron chi connectivity index (χ0n) is 15.9. The first kappa shape index (κ1) is 19.1. The molecule has 1 N–H and O–H groups in total. The molecule has 1 heterocycles. The Bertz CT molecular complexity index is 888. The summed E-state index contributed by atoms with van der Waals surface area (Å²) in [7, 11) is 0. The molecule has 0 saturated carbocycles. The van der Waals surface area contributed by atoms with E-state index >= 15 is 0 Å². The fraction of sp³-hybridized carbons (Fsp3) is 0.273. The Balaban J connectivity index is 1.62. The van der Waals surface area contributed by atoms with Gasteiger partial charge in [0.05, 0.1) is 11.7 Å². The fourth-order valence-corrected chi connectivity index (χ4v) is 3.66. The first-order valence-corrected chi connectivity index (χ1v) is 9.92. The summed E-state index contributed by atoms with van der Waals surface area (Å²) in [5, 5.41) is 3.84. The van der Waals surface area contributed by atoms with E-state index in [1.807, 2.05) is 56.3 Å². The van der Waals surface area contributed by atoms with Gasteiger partial charge in [-0.3, -0.25) is 4.79 Å². The molecule has 4 nitrogen and oxygen atoms in total. The average molecular weight is 381 g/mol. The molecule has 0 saturated heterocycles. The predicted molar refractivity (Wildman–Crippen MR) is 109 cm³/mol. The highest BCUT2D eigenvalue weighted by Crippen LogP contribution is 2.22. The van der Waals surface area contributed by atoms with Crippen LogP contribution in [0.25, 0.3) is 0 Å². The molecule has 0 aliphatic rings. The maximum Gasteiger partial charge on any atom is 0.263 e. The number of amides is 1. The molecule has 1 aromatic heterocycles. The maximum atomic E-state index is 12.6. The molecule has 0 spiro atoms. The third-order valence-electron chi connectivity index (χ3n) is 4.39. The van der Waals surface area contributed by atoms with Crippen molar-refractivity contribution in [1.82, 2.24) is 10.3 Å². The van der Waals surface area contributed by atoms with Crippen LogP contribution in [0, 0.1) is 6.92 Å². The van der Waals surface area contributed by atoms with Gasteiger partial charge in [-0.25, -0.2) is 4.98 Å². The van der Waals surface area contributed by atoms with Crippen LogP contribution in [0.5, 0.6) is 5.75 Å². The molecule has 0 aliphatic heterocycles. The summed E-state index contributed by atoms with van der Waals surface area (Å²) in [4.78, 5) is 17.8. The molecule has 1 amide bonds. The number of nitrogens with one attached hydrogen (secondary N) is 1. The van der Waals surface area contributed by atoms with E-state index in [1.165, 1.54) is 16.9 Å². The van der Waals surface area contributed by atoms with E-state index in [-0.39, 0.29) is 11.9 Å². The Morgan fingerprint density at radius 2 is 1.85 bits per heavy atom. The Kier molecular flexibility index (Phi) is 6.24. The molecule has 140 valence electrons. The minimum Gasteiger partial charge on any atom is -0.486 e. The van der Waals surface area contributed by atoms with Crippen molar-refractivity contribution in [2.24, 2.45) is 0 Å². The van der Waals surface area contributed by atoms with Crippen molar-refractivity contribution < 1.29 is 9.53 Å². The topological polar surface area (TPSA) is 51.2 Å². The van der Waals surface area contributed by atoms with Crippen LogP contribution in [0.4, 0.5) is 0 Å². The van der Waals surface area contributed by atoms with Crippen LogP contribution in [0.15, 0.2) is 54.6 Å². The van der Waals surface area contributed by atoms with E-state index in [4.69, 9.17) is 4.74 Å². The highest BCUT2D eigenvalue weighted by Gasteiger charge is 2.18. The Morgan fingerprint density at radius 1 is 1.15 bits per heavy atom. The van der Waals surface area contributed by atoms with Gasteiger partial charge in [0.2, 0.25) is 0 Å². The lowest BCUT2D eigenvalue weighted by atomic mass is 10.1. The summed E-state index contributed by atoms with van der Waals surface area (Å²) in [6, 6.07) is 17.9. The number of nitrogens with zero attached hydrogens (tertiary/aromatic N) is 1. The Morgan fingerprint density at radius 3 is 2.52 bits per heavy atom. The first-order chi connectivity index (χ1) is 13.1. The largest absolute Gasteiger partial charge is 0.486 e. The highest BCUT2D eigenvalue weighted by molar-refractivity contribution is 7.13. The van der Waals surface area contributed by atoms with Crippen LogP contribution in [0.3, 0.4) is 0 Å². The monoisotopic (exact) mass is 380 g/mol. The van der Waals surface area contributed by atoms with Gasteiger partial charge in [-0.1, -0.05) is 49.4 Å². The zero-order valence-corrected chi connectivity index (χ0v) is 16.7. The summed E-state index contributed by atoms with van der Waals surface area (Å²) in [5.41, 5.74) is 3.09. The predicted octanol–water partition coefficient (Wildman–Crippen LogP) is 5.08. The number of hydrogen-bond donors (Lipinski definition) is 1. The second-order valence-electron chi connectivity index (χ2n) is 6.41. The lowest BCUT2D eigenvalue weighted by molar-refractivity contribution is 0.0943. The molecule has 3 aromatic rings. The second kappa shape index (κ2) is 8.82. The number of thiazole rings is 1. The van der Waals surface area contributed by atoms with Gasteiger partial charge in [-0.15, -0.1) is 11.3 Å². The smallest absolute Gasteiger partial charge is 0.263 e. The number of aryl methyl sites for hydroxylation is 2. The van der Waals surface area contributed by atoms with Crippen molar-refractivity contribution in [3.63, 3.8) is 0 Å². The van der Waals surface area contributed by atoms with E-state index in [0.29, 0.717) is 11.5 Å². The molecule has 2 aromatic carbocycles. The van der Waals surface area contributed by atoms with E-state index in [2.05, 4.69) is 29.4 Å². The third-order valence-corrected chi connectivity index (χ3v) is 5.52. The molecule has 5 heteroatoms. The molecule has 3 rings (SSSR count). The van der Waals surface area contributed by atoms with Crippen LogP contribution in [-0.2, 0) is 13.0 Å². The van der Waals surface area contributed by atoms with Gasteiger partial charge < -0.3 is 10.1 Å². The molecule has 0 radical (unpaired) electrons. The second-order valence-corrected chi connectivity index (χ2v) is 7.50. The van der Waals surface area contributed by atoms with Crippen molar-refractivity contribution in [2.75, 3.05) is 0 Å². The minimum absolute atomic E-state index is 0.0584. The lowest BCUT2D eigenvalue weighted by Crippen LogP contribution is -2.26. The van der Waals surface area contributed by atoms with Gasteiger partial charge in [0.15, 0.2) is 0 Å². The lowest BCUT2D eigenvalue weighted by Gasteiger charge is -2.13. The molecular formula is C22H24N2O2S. The third kappa shape index (κ3) is 4.95. The molecule has 0 bridgehead atoms. The van der Waals surface area contributed by atoms with Crippen molar-refractivity contribution in [1.29, 1.82) is 0 Å². The van der Waals surface area contributed by atoms with E-state index in [9.17, 15) is 4.79 Å². The van der Waals surface area contributed by atoms with Crippen LogP contribution in [0.1, 0.15) is 51.4 Å². The molecule has 0 unspecified atom stereocenters. The summed E-state index contributed by atoms with van der Waals surface area (Å²) in [6.45, 7) is 6.32. The van der Waals surface area contributed by atoms with E-state index in [1.54, 1.807) is 0 Å². The van der Waals surface area contributed by atoms with Gasteiger partial charge in [-0.2, -0.15) is 0 Å². The van der Waals surface area contributed by atoms with E-state index in [0.717, 1.165) is 28.4 Å². The normalized spacial score (nSPS) is 11.8. The Labute approximate surface area is 164 Å². The SMILES string of the molecule is CCc1ccc(OCc2nc(C)c(C(=O)N[C@@H](C)c3ccccc3)s2)cc1. The average Bonchev–Trinajstić information content (AvgIpc) is 3.08. The molecular weight excluding hydrogens is 356 g/mol. The highest BCUT2D eigenvalue weighted by atomic mass is 32.1. The van der Waals surface area contributed by atoms with E-state index < -0.39 is 0 Å². The summed E-state index contributed by atoms with van der Waals surface area (Å²) >= 11 is 1.38. The molecule has 0 aliphatic carbocycles. The molecule has 1 atom stereocenters. The van der Waals surface area contributed by atoms with Gasteiger partial charge in [-0.05, 0) is 43.5 Å². The zero-order chi connectivity index (χ0) is 19.2. The van der Waals surface area contributed by atoms with Crippen molar-refractivity contribution in [3.05, 3.63) is 81.3 Å². The summed E-state index contributed by atoms with van der Waals surface area (Å²) in [6.07, 6.45) is 1.01. The van der Waals surface area contributed by atoms with Crippen molar-refractivity contribution in [3.8, 4) is 5.75 Å². The van der Waals surface area contributed by atoms with Crippen molar-refractivity contribution in [2.45, 2.75) is 39.8 Å². The number of hydrogen-bond acceptors (Lipinski definition) is 4. The molecule has 27 heavy (non-hydrogen) atoms.